The number of halogens is 1. The first kappa shape index (κ1) is 27.3. The van der Waals surface area contributed by atoms with Crippen LogP contribution in [0.15, 0.2) is 48.5 Å². The molecule has 1 N–H and O–H groups in total. The number of carbonyl (C=O) groups is 2. The highest BCUT2D eigenvalue weighted by atomic mass is 32.2. The highest BCUT2D eigenvalue weighted by Gasteiger charge is 2.32. The summed E-state index contributed by atoms with van der Waals surface area (Å²) in [5.41, 5.74) is 1.63. The molecule has 7 nitrogen and oxygen atoms in total. The number of hydrogen-bond donors (Lipinski definition) is 1. The molecule has 2 atom stereocenters. The number of sulfonamides is 1. The van der Waals surface area contributed by atoms with Crippen LogP contribution in [0, 0.1) is 12.7 Å². The number of hydrogen-bond acceptors (Lipinski definition) is 4. The fraction of sp³-hybridized carbons (Fsp3) is 0.440. The van der Waals surface area contributed by atoms with Gasteiger partial charge >= 0.3 is 0 Å². The van der Waals surface area contributed by atoms with E-state index in [9.17, 15) is 22.4 Å². The van der Waals surface area contributed by atoms with Gasteiger partial charge in [-0.2, -0.15) is 0 Å². The molecule has 0 spiro atoms. The molecule has 0 fully saturated rings. The molecule has 2 rings (SSSR count). The Morgan fingerprint density at radius 2 is 1.65 bits per heavy atom. The summed E-state index contributed by atoms with van der Waals surface area (Å²) < 4.78 is 40.2. The Hall–Kier alpha value is -2.94. The molecule has 0 saturated carbocycles. The number of amides is 2. The molecule has 0 aliphatic carbocycles. The number of nitrogens with zero attached hydrogens (tertiary/aromatic N) is 2. The molecule has 0 bridgehead atoms. The maximum Gasteiger partial charge on any atom is 0.244 e. The van der Waals surface area contributed by atoms with E-state index in [1.165, 1.54) is 23.1 Å². The topological polar surface area (TPSA) is 86.8 Å². The number of para-hydroxylation sites is 1. The highest BCUT2D eigenvalue weighted by Crippen LogP contribution is 2.22. The predicted octanol–water partition coefficient (Wildman–Crippen LogP) is 3.62. The third-order valence-electron chi connectivity index (χ3n) is 5.66. The zero-order chi connectivity index (χ0) is 25.5. The predicted molar refractivity (Wildman–Crippen MR) is 132 cm³/mol. The zero-order valence-corrected chi connectivity index (χ0v) is 21.2. The Morgan fingerprint density at radius 1 is 1.03 bits per heavy atom. The van der Waals surface area contributed by atoms with E-state index in [0.717, 1.165) is 34.2 Å². The van der Waals surface area contributed by atoms with Gasteiger partial charge in [0.1, 0.15) is 18.4 Å². The van der Waals surface area contributed by atoms with Gasteiger partial charge in [0, 0.05) is 12.6 Å². The van der Waals surface area contributed by atoms with Crippen LogP contribution in [0.5, 0.6) is 0 Å². The van der Waals surface area contributed by atoms with E-state index in [1.807, 2.05) is 45.0 Å². The Bertz CT molecular complexity index is 1090. The average molecular weight is 492 g/mol. The normalized spacial score (nSPS) is 13.1. The minimum atomic E-state index is -3.98. The fourth-order valence-electron chi connectivity index (χ4n) is 3.50. The second-order valence-corrected chi connectivity index (χ2v) is 10.4. The van der Waals surface area contributed by atoms with E-state index in [0.29, 0.717) is 6.42 Å². The molecule has 0 saturated heterocycles. The summed E-state index contributed by atoms with van der Waals surface area (Å²) in [6.45, 7) is 7.04. The molecule has 0 radical (unpaired) electrons. The second kappa shape index (κ2) is 12.0. The van der Waals surface area contributed by atoms with Crippen molar-refractivity contribution in [3.05, 3.63) is 65.5 Å². The van der Waals surface area contributed by atoms with Gasteiger partial charge in [-0.15, -0.1) is 0 Å². The van der Waals surface area contributed by atoms with E-state index in [2.05, 4.69) is 5.32 Å². The molecular formula is C25H34FN3O4S. The molecule has 0 aliphatic heterocycles. The third kappa shape index (κ3) is 7.28. The number of rotatable bonds is 11. The summed E-state index contributed by atoms with van der Waals surface area (Å²) in [7, 11) is -3.98. The average Bonchev–Trinajstić information content (AvgIpc) is 2.78. The van der Waals surface area contributed by atoms with Crippen LogP contribution in [-0.4, -0.2) is 50.0 Å². The van der Waals surface area contributed by atoms with Crippen LogP contribution in [0.2, 0.25) is 0 Å². The number of benzene rings is 2. The number of nitrogens with one attached hydrogen (secondary N) is 1. The van der Waals surface area contributed by atoms with E-state index >= 15 is 0 Å². The molecule has 9 heteroatoms. The van der Waals surface area contributed by atoms with Crippen molar-refractivity contribution in [2.24, 2.45) is 0 Å². The number of aryl methyl sites for hydroxylation is 1. The van der Waals surface area contributed by atoms with Gasteiger partial charge in [-0.05, 0) is 44.4 Å². The number of carbonyl (C=O) groups excluding carboxylic acids is 2. The number of anilines is 1. The standard InChI is InChI=1S/C25H34FN3O4S/c1-6-19(4)27-25(31)22(7-2)28(16-20-14-12-18(3)13-15-20)24(30)17-29(34(5,32)33)23-11-9-8-10-21(23)26/h8-15,19,22H,6-7,16-17H2,1-5H3,(H,27,31). The van der Waals surface area contributed by atoms with Gasteiger partial charge in [0.2, 0.25) is 21.8 Å². The molecule has 2 aromatic rings. The van der Waals surface area contributed by atoms with Crippen molar-refractivity contribution in [3.63, 3.8) is 0 Å². The molecule has 186 valence electrons. The minimum Gasteiger partial charge on any atom is -0.352 e. The van der Waals surface area contributed by atoms with Gasteiger partial charge < -0.3 is 10.2 Å². The second-order valence-electron chi connectivity index (χ2n) is 8.47. The van der Waals surface area contributed by atoms with Gasteiger partial charge in [-0.1, -0.05) is 55.8 Å². The van der Waals surface area contributed by atoms with Gasteiger partial charge in [-0.25, -0.2) is 12.8 Å². The van der Waals surface area contributed by atoms with Crippen molar-refractivity contribution < 1.29 is 22.4 Å². The smallest absolute Gasteiger partial charge is 0.244 e. The van der Waals surface area contributed by atoms with Crippen LogP contribution in [0.1, 0.15) is 44.7 Å². The van der Waals surface area contributed by atoms with Gasteiger partial charge in [0.15, 0.2) is 0 Å². The summed E-state index contributed by atoms with van der Waals surface area (Å²) >= 11 is 0. The van der Waals surface area contributed by atoms with Crippen molar-refractivity contribution >= 4 is 27.5 Å². The van der Waals surface area contributed by atoms with Crippen molar-refractivity contribution in [1.29, 1.82) is 0 Å². The van der Waals surface area contributed by atoms with Gasteiger partial charge in [0.05, 0.1) is 11.9 Å². The molecule has 0 aliphatic rings. The van der Waals surface area contributed by atoms with Crippen molar-refractivity contribution in [2.75, 3.05) is 17.1 Å². The zero-order valence-electron chi connectivity index (χ0n) is 20.4. The van der Waals surface area contributed by atoms with Crippen LogP contribution in [0.25, 0.3) is 0 Å². The van der Waals surface area contributed by atoms with E-state index in [1.54, 1.807) is 6.92 Å². The van der Waals surface area contributed by atoms with Crippen molar-refractivity contribution in [3.8, 4) is 0 Å². The molecule has 2 unspecified atom stereocenters. The maximum atomic E-state index is 14.4. The largest absolute Gasteiger partial charge is 0.352 e. The van der Waals surface area contributed by atoms with Gasteiger partial charge in [-0.3, -0.25) is 13.9 Å². The lowest BCUT2D eigenvalue weighted by Crippen LogP contribution is -2.53. The quantitative estimate of drug-likeness (QED) is 0.520. The molecule has 0 heterocycles. The van der Waals surface area contributed by atoms with Crippen LogP contribution < -0.4 is 9.62 Å². The maximum absolute atomic E-state index is 14.4. The lowest BCUT2D eigenvalue weighted by atomic mass is 10.1. The molecule has 34 heavy (non-hydrogen) atoms. The van der Waals surface area contributed by atoms with E-state index in [4.69, 9.17) is 0 Å². The molecule has 2 aromatic carbocycles. The van der Waals surface area contributed by atoms with Crippen LogP contribution >= 0.6 is 0 Å². The first-order valence-electron chi connectivity index (χ1n) is 11.4. The SMILES string of the molecule is CCC(C)NC(=O)C(CC)N(Cc1ccc(C)cc1)C(=O)CN(c1ccccc1F)S(C)(=O)=O. The Kier molecular flexibility index (Phi) is 9.61. The molecule has 2 amide bonds. The third-order valence-corrected chi connectivity index (χ3v) is 6.79. The van der Waals surface area contributed by atoms with E-state index in [-0.39, 0.29) is 24.2 Å². The molecule has 0 aromatic heterocycles. The van der Waals surface area contributed by atoms with E-state index < -0.39 is 34.3 Å². The van der Waals surface area contributed by atoms with Crippen molar-refractivity contribution in [1.82, 2.24) is 10.2 Å². The summed E-state index contributed by atoms with van der Waals surface area (Å²) in [5.74, 6) is -1.66. The van der Waals surface area contributed by atoms with Crippen LogP contribution in [0.3, 0.4) is 0 Å². The van der Waals surface area contributed by atoms with Gasteiger partial charge in [0.25, 0.3) is 0 Å². The Morgan fingerprint density at radius 3 is 2.18 bits per heavy atom. The first-order chi connectivity index (χ1) is 16.0. The van der Waals surface area contributed by atoms with Crippen molar-refractivity contribution in [2.45, 2.75) is 59.2 Å². The van der Waals surface area contributed by atoms with Crippen LogP contribution in [-0.2, 0) is 26.2 Å². The summed E-state index contributed by atoms with van der Waals surface area (Å²) in [6.07, 6.45) is 1.98. The molecular weight excluding hydrogens is 457 g/mol. The summed E-state index contributed by atoms with van der Waals surface area (Å²) in [5, 5.41) is 2.91. The Labute approximate surface area is 202 Å². The fourth-order valence-corrected chi connectivity index (χ4v) is 4.35. The van der Waals surface area contributed by atoms with Crippen LogP contribution in [0.4, 0.5) is 10.1 Å². The lowest BCUT2D eigenvalue weighted by Gasteiger charge is -2.33. The lowest BCUT2D eigenvalue weighted by molar-refractivity contribution is -0.140. The first-order valence-corrected chi connectivity index (χ1v) is 13.2. The summed E-state index contributed by atoms with van der Waals surface area (Å²) in [4.78, 5) is 28.0. The highest BCUT2D eigenvalue weighted by molar-refractivity contribution is 7.92. The summed E-state index contributed by atoms with van der Waals surface area (Å²) in [6, 6.07) is 12.0. The minimum absolute atomic E-state index is 0.0798. The Balaban J connectivity index is 2.44. The monoisotopic (exact) mass is 491 g/mol.